The van der Waals surface area contributed by atoms with Gasteiger partial charge in [0.2, 0.25) is 5.91 Å². The number of carbonyl (C=O) groups is 1. The van der Waals surface area contributed by atoms with Crippen molar-refractivity contribution in [2.75, 3.05) is 26.2 Å². The van der Waals surface area contributed by atoms with Crippen LogP contribution in [0.15, 0.2) is 30.3 Å². The van der Waals surface area contributed by atoms with Gasteiger partial charge in [-0.05, 0) is 45.7 Å². The van der Waals surface area contributed by atoms with Gasteiger partial charge in [0.1, 0.15) is 0 Å². The monoisotopic (exact) mass is 318 g/mol. The smallest absolute Gasteiger partial charge is 0.234 e. The quantitative estimate of drug-likeness (QED) is 0.750. The molecule has 1 N–H and O–H groups in total. The summed E-state index contributed by atoms with van der Waals surface area (Å²) in [7, 11) is 0. The lowest BCUT2D eigenvalue weighted by molar-refractivity contribution is -0.122. The third-order valence-electron chi connectivity index (χ3n) is 4.55. The number of benzene rings is 1. The molecule has 1 saturated heterocycles. The van der Waals surface area contributed by atoms with Crippen LogP contribution in [0.3, 0.4) is 0 Å². The zero-order valence-corrected chi connectivity index (χ0v) is 14.6. The maximum atomic E-state index is 12.1. The van der Waals surface area contributed by atoms with Crippen LogP contribution in [-0.4, -0.2) is 49.2 Å². The van der Waals surface area contributed by atoms with Crippen molar-refractivity contribution in [3.05, 3.63) is 35.9 Å². The van der Waals surface area contributed by atoms with Crippen molar-refractivity contribution in [2.45, 2.75) is 51.7 Å². The molecule has 4 heteroatoms. The lowest BCUT2D eigenvalue weighted by Gasteiger charge is -2.24. The number of hydrogen-bond donors (Lipinski definition) is 1. The number of nitrogens with zero attached hydrogens (tertiary/aromatic N) is 1. The highest BCUT2D eigenvalue weighted by molar-refractivity contribution is 5.78. The molecule has 0 saturated carbocycles. The molecule has 0 radical (unpaired) electrons. The van der Waals surface area contributed by atoms with Crippen molar-refractivity contribution >= 4 is 5.91 Å². The fraction of sp³-hybridized carbons (Fsp3) is 0.632. The third kappa shape index (κ3) is 5.63. The van der Waals surface area contributed by atoms with E-state index in [2.05, 4.69) is 47.5 Å². The van der Waals surface area contributed by atoms with E-state index in [9.17, 15) is 4.79 Å². The van der Waals surface area contributed by atoms with E-state index in [-0.39, 0.29) is 12.0 Å². The summed E-state index contributed by atoms with van der Waals surface area (Å²) in [5, 5.41) is 3.00. The van der Waals surface area contributed by atoms with Gasteiger partial charge in [-0.25, -0.2) is 0 Å². The summed E-state index contributed by atoms with van der Waals surface area (Å²) < 4.78 is 5.48. The third-order valence-corrected chi connectivity index (χ3v) is 4.55. The second-order valence-electron chi connectivity index (χ2n) is 6.64. The summed E-state index contributed by atoms with van der Waals surface area (Å²) in [5.74, 6) is 0.651. The fourth-order valence-electron chi connectivity index (χ4n) is 3.23. The Morgan fingerprint density at radius 1 is 1.35 bits per heavy atom. The largest absolute Gasteiger partial charge is 0.379 e. The van der Waals surface area contributed by atoms with Gasteiger partial charge in [0.05, 0.1) is 12.6 Å². The maximum Gasteiger partial charge on any atom is 0.234 e. The van der Waals surface area contributed by atoms with Gasteiger partial charge in [-0.3, -0.25) is 9.69 Å². The zero-order chi connectivity index (χ0) is 16.7. The van der Waals surface area contributed by atoms with E-state index in [1.165, 1.54) is 5.56 Å². The van der Waals surface area contributed by atoms with Crippen molar-refractivity contribution in [3.63, 3.8) is 0 Å². The van der Waals surface area contributed by atoms with Crippen LogP contribution >= 0.6 is 0 Å². The summed E-state index contributed by atoms with van der Waals surface area (Å²) in [6.07, 6.45) is 2.25. The molecule has 0 aromatic heterocycles. The maximum absolute atomic E-state index is 12.1. The highest BCUT2D eigenvalue weighted by atomic mass is 16.5. The van der Waals surface area contributed by atoms with Crippen LogP contribution in [0.4, 0.5) is 0 Å². The molecule has 1 aromatic rings. The first kappa shape index (κ1) is 18.0. The van der Waals surface area contributed by atoms with E-state index in [4.69, 9.17) is 4.74 Å². The summed E-state index contributed by atoms with van der Waals surface area (Å²) in [6.45, 7) is 9.16. The van der Waals surface area contributed by atoms with Crippen LogP contribution in [0.5, 0.6) is 0 Å². The van der Waals surface area contributed by atoms with E-state index < -0.39 is 0 Å². The Morgan fingerprint density at radius 3 is 2.78 bits per heavy atom. The lowest BCUT2D eigenvalue weighted by atomic mass is 9.93. The number of nitrogens with one attached hydrogen (secondary N) is 1. The van der Waals surface area contributed by atoms with Crippen LogP contribution in [0.25, 0.3) is 0 Å². The van der Waals surface area contributed by atoms with Crippen molar-refractivity contribution in [1.29, 1.82) is 0 Å². The van der Waals surface area contributed by atoms with Gasteiger partial charge in [0, 0.05) is 25.1 Å². The van der Waals surface area contributed by atoms with Gasteiger partial charge in [-0.2, -0.15) is 0 Å². The van der Waals surface area contributed by atoms with Crippen LogP contribution in [0, 0.1) is 0 Å². The minimum atomic E-state index is 0.120. The molecule has 4 nitrogen and oxygen atoms in total. The molecule has 0 aliphatic carbocycles. The highest BCUT2D eigenvalue weighted by Crippen LogP contribution is 2.32. The molecule has 1 fully saturated rings. The molecule has 0 bridgehead atoms. The molecular weight excluding hydrogens is 288 g/mol. The molecule has 2 atom stereocenters. The average Bonchev–Trinajstić information content (AvgIpc) is 2.88. The Labute approximate surface area is 140 Å². The van der Waals surface area contributed by atoms with E-state index in [1.807, 2.05) is 13.8 Å². The Morgan fingerprint density at radius 2 is 2.09 bits per heavy atom. The topological polar surface area (TPSA) is 41.6 Å². The van der Waals surface area contributed by atoms with E-state index in [0.29, 0.717) is 31.7 Å². The summed E-state index contributed by atoms with van der Waals surface area (Å²) >= 11 is 0. The molecule has 23 heavy (non-hydrogen) atoms. The summed E-state index contributed by atoms with van der Waals surface area (Å²) in [4.78, 5) is 14.4. The number of ether oxygens (including phenoxy) is 1. The predicted octanol–water partition coefficient (Wildman–Crippen LogP) is 2.80. The van der Waals surface area contributed by atoms with Crippen LogP contribution in [-0.2, 0) is 9.53 Å². The average molecular weight is 318 g/mol. The Kier molecular flexibility index (Phi) is 7.06. The minimum absolute atomic E-state index is 0.120. The number of hydrogen-bond acceptors (Lipinski definition) is 3. The predicted molar refractivity (Wildman–Crippen MR) is 93.5 cm³/mol. The Bertz CT molecular complexity index is 476. The molecule has 128 valence electrons. The number of rotatable bonds is 8. The number of amides is 1. The Balaban J connectivity index is 1.70. The second kappa shape index (κ2) is 9.04. The molecule has 1 heterocycles. The summed E-state index contributed by atoms with van der Waals surface area (Å²) in [6, 6.07) is 11.0. The van der Waals surface area contributed by atoms with Crippen LogP contribution in [0.1, 0.15) is 45.1 Å². The van der Waals surface area contributed by atoms with Crippen LogP contribution < -0.4 is 5.32 Å². The van der Waals surface area contributed by atoms with Gasteiger partial charge in [0.15, 0.2) is 0 Å². The first-order valence-corrected chi connectivity index (χ1v) is 8.75. The molecule has 0 spiro atoms. The molecule has 0 unspecified atom stereocenters. The van der Waals surface area contributed by atoms with Gasteiger partial charge in [-0.15, -0.1) is 0 Å². The summed E-state index contributed by atoms with van der Waals surface area (Å²) in [5.41, 5.74) is 1.38. The van der Waals surface area contributed by atoms with Crippen LogP contribution in [0.2, 0.25) is 0 Å². The highest BCUT2D eigenvalue weighted by Gasteiger charge is 2.32. The zero-order valence-electron chi connectivity index (χ0n) is 14.6. The van der Waals surface area contributed by atoms with E-state index >= 15 is 0 Å². The first-order chi connectivity index (χ1) is 11.1. The van der Waals surface area contributed by atoms with E-state index in [1.54, 1.807) is 0 Å². The molecule has 1 aromatic carbocycles. The lowest BCUT2D eigenvalue weighted by Crippen LogP contribution is -2.40. The van der Waals surface area contributed by atoms with E-state index in [0.717, 1.165) is 19.4 Å². The Hall–Kier alpha value is -1.39. The fourth-order valence-corrected chi connectivity index (χ4v) is 3.23. The van der Waals surface area contributed by atoms with Crippen molar-refractivity contribution in [1.82, 2.24) is 10.2 Å². The molecule has 2 rings (SSSR count). The second-order valence-corrected chi connectivity index (χ2v) is 6.64. The minimum Gasteiger partial charge on any atom is -0.379 e. The van der Waals surface area contributed by atoms with Gasteiger partial charge < -0.3 is 10.1 Å². The molecule has 1 aliphatic rings. The molecule has 1 aliphatic heterocycles. The van der Waals surface area contributed by atoms with Gasteiger partial charge in [-0.1, -0.05) is 30.3 Å². The van der Waals surface area contributed by atoms with Gasteiger partial charge >= 0.3 is 0 Å². The van der Waals surface area contributed by atoms with Crippen molar-refractivity contribution in [3.8, 4) is 0 Å². The van der Waals surface area contributed by atoms with Gasteiger partial charge in [0.25, 0.3) is 0 Å². The SMILES string of the molecule is CC(C)OCCCNC(=O)CN1CC[C@H](c2ccccc2)[C@H]1C. The molecular formula is C19H30N2O2. The van der Waals surface area contributed by atoms with Crippen molar-refractivity contribution in [2.24, 2.45) is 0 Å². The van der Waals surface area contributed by atoms with Crippen molar-refractivity contribution < 1.29 is 9.53 Å². The normalized spacial score (nSPS) is 21.7. The first-order valence-electron chi connectivity index (χ1n) is 8.75. The molecule has 1 amide bonds. The standard InChI is InChI=1S/C19H30N2O2/c1-15(2)23-13-7-11-20-19(22)14-21-12-10-18(16(21)3)17-8-5-4-6-9-17/h4-6,8-9,15-16,18H,7,10-14H2,1-3H3,(H,20,22)/t16-,18+/m1/s1. The number of carbonyl (C=O) groups excluding carboxylic acids is 1. The number of likely N-dealkylation sites (tertiary alicyclic amines) is 1.